The first-order valence-electron chi connectivity index (χ1n) is 9.65. The molecule has 0 aliphatic carbocycles. The van der Waals surface area contributed by atoms with Crippen molar-refractivity contribution in [3.8, 4) is 0 Å². The fourth-order valence-corrected chi connectivity index (χ4v) is 3.29. The summed E-state index contributed by atoms with van der Waals surface area (Å²) in [7, 11) is 0. The van der Waals surface area contributed by atoms with Gasteiger partial charge in [0.25, 0.3) is 0 Å². The highest BCUT2D eigenvalue weighted by Crippen LogP contribution is 2.22. The van der Waals surface area contributed by atoms with Gasteiger partial charge in [-0.3, -0.25) is 4.79 Å². The molecule has 0 bridgehead atoms. The molecule has 0 radical (unpaired) electrons. The highest BCUT2D eigenvalue weighted by atomic mass is 19.1. The van der Waals surface area contributed by atoms with Crippen molar-refractivity contribution in [1.29, 1.82) is 0 Å². The number of benzene rings is 1. The Kier molecular flexibility index (Phi) is 7.22. The summed E-state index contributed by atoms with van der Waals surface area (Å²) in [6, 6.07) is 6.50. The molecule has 1 heterocycles. The number of ether oxygens (including phenoxy) is 1. The van der Waals surface area contributed by atoms with E-state index >= 15 is 0 Å². The highest BCUT2D eigenvalue weighted by molar-refractivity contribution is 5.76. The molecule has 1 atom stereocenters. The number of nitrogens with one attached hydrogen (secondary N) is 1. The van der Waals surface area contributed by atoms with Crippen molar-refractivity contribution < 1.29 is 18.7 Å². The van der Waals surface area contributed by atoms with Gasteiger partial charge >= 0.3 is 6.09 Å². The van der Waals surface area contributed by atoms with E-state index in [1.807, 2.05) is 27.7 Å². The molecule has 6 heteroatoms. The topological polar surface area (TPSA) is 58.6 Å². The molecular formula is C21H31FN2O3. The van der Waals surface area contributed by atoms with Crippen molar-refractivity contribution in [3.05, 3.63) is 35.6 Å². The van der Waals surface area contributed by atoms with Gasteiger partial charge in [-0.25, -0.2) is 9.18 Å². The molecule has 2 amide bonds. The number of likely N-dealkylation sites (tertiary alicyclic amines) is 1. The number of halogens is 1. The van der Waals surface area contributed by atoms with Gasteiger partial charge in [0, 0.05) is 25.6 Å². The molecule has 1 fully saturated rings. The van der Waals surface area contributed by atoms with Crippen LogP contribution in [0.5, 0.6) is 0 Å². The lowest BCUT2D eigenvalue weighted by molar-refractivity contribution is -0.122. The molecule has 27 heavy (non-hydrogen) atoms. The zero-order chi connectivity index (χ0) is 20.0. The lowest BCUT2D eigenvalue weighted by Gasteiger charge is -2.33. The number of hydrogen-bond acceptors (Lipinski definition) is 3. The average Bonchev–Trinajstić information content (AvgIpc) is 2.56. The highest BCUT2D eigenvalue weighted by Gasteiger charge is 2.28. The van der Waals surface area contributed by atoms with Gasteiger partial charge in [0.05, 0.1) is 0 Å². The molecule has 1 aliphatic heterocycles. The summed E-state index contributed by atoms with van der Waals surface area (Å²) in [6.45, 7) is 8.66. The normalized spacial score (nSPS) is 16.7. The molecule has 0 saturated carbocycles. The third-order valence-corrected chi connectivity index (χ3v) is 4.63. The van der Waals surface area contributed by atoms with Crippen LogP contribution in [-0.4, -0.2) is 41.6 Å². The van der Waals surface area contributed by atoms with Crippen molar-refractivity contribution in [1.82, 2.24) is 10.2 Å². The maximum Gasteiger partial charge on any atom is 0.410 e. The summed E-state index contributed by atoms with van der Waals surface area (Å²) in [5, 5.41) is 2.96. The zero-order valence-corrected chi connectivity index (χ0v) is 16.8. The molecule has 5 nitrogen and oxygen atoms in total. The lowest BCUT2D eigenvalue weighted by atomic mass is 9.93. The Morgan fingerprint density at radius 1 is 1.26 bits per heavy atom. The Morgan fingerprint density at radius 3 is 2.48 bits per heavy atom. The lowest BCUT2D eigenvalue weighted by Crippen LogP contribution is -2.43. The minimum atomic E-state index is -0.498. The van der Waals surface area contributed by atoms with Gasteiger partial charge in [0.1, 0.15) is 11.4 Å². The second-order valence-electron chi connectivity index (χ2n) is 8.38. The maximum atomic E-state index is 13.7. The third-order valence-electron chi connectivity index (χ3n) is 4.63. The predicted molar refractivity (Wildman–Crippen MR) is 103 cm³/mol. The summed E-state index contributed by atoms with van der Waals surface area (Å²) < 4.78 is 19.1. The Morgan fingerprint density at radius 2 is 1.89 bits per heavy atom. The van der Waals surface area contributed by atoms with Crippen LogP contribution in [0.25, 0.3) is 0 Å². The molecule has 150 valence electrons. The number of hydrogen-bond donors (Lipinski definition) is 1. The van der Waals surface area contributed by atoms with Crippen LogP contribution >= 0.6 is 0 Å². The summed E-state index contributed by atoms with van der Waals surface area (Å²) in [5.74, 6) is -0.00739. The minimum absolute atomic E-state index is 0.0189. The van der Waals surface area contributed by atoms with E-state index < -0.39 is 5.60 Å². The summed E-state index contributed by atoms with van der Waals surface area (Å²) >= 11 is 0. The SMILES string of the molecule is CC(Cc1ccccc1F)NC(=O)CC1CCN(C(=O)OC(C)(C)C)CC1. The number of nitrogens with zero attached hydrogens (tertiary/aromatic N) is 1. The number of amides is 2. The van der Waals surface area contributed by atoms with Crippen LogP contribution < -0.4 is 5.32 Å². The van der Waals surface area contributed by atoms with Gasteiger partial charge in [0.2, 0.25) is 5.91 Å². The first kappa shape index (κ1) is 21.2. The van der Waals surface area contributed by atoms with Crippen LogP contribution in [0.2, 0.25) is 0 Å². The van der Waals surface area contributed by atoms with Gasteiger partial charge in [-0.1, -0.05) is 18.2 Å². The van der Waals surface area contributed by atoms with E-state index in [1.54, 1.807) is 23.1 Å². The molecule has 0 spiro atoms. The van der Waals surface area contributed by atoms with Gasteiger partial charge in [-0.2, -0.15) is 0 Å². The van der Waals surface area contributed by atoms with Gasteiger partial charge < -0.3 is 15.0 Å². The Balaban J connectivity index is 1.72. The predicted octanol–water partition coefficient (Wildman–Crippen LogP) is 3.91. The van der Waals surface area contributed by atoms with Crippen molar-refractivity contribution in [2.24, 2.45) is 5.92 Å². The third kappa shape index (κ3) is 7.19. The van der Waals surface area contributed by atoms with E-state index in [9.17, 15) is 14.0 Å². The first-order valence-corrected chi connectivity index (χ1v) is 9.65. The van der Waals surface area contributed by atoms with Crippen LogP contribution in [-0.2, 0) is 16.0 Å². The van der Waals surface area contributed by atoms with Crippen LogP contribution in [0.3, 0.4) is 0 Å². The fraction of sp³-hybridized carbons (Fsp3) is 0.619. The van der Waals surface area contributed by atoms with E-state index in [2.05, 4.69) is 5.32 Å². The molecule has 1 aliphatic rings. The van der Waals surface area contributed by atoms with Crippen molar-refractivity contribution >= 4 is 12.0 Å². The monoisotopic (exact) mass is 378 g/mol. The molecule has 1 aromatic carbocycles. The molecule has 1 saturated heterocycles. The Labute approximate surface area is 161 Å². The minimum Gasteiger partial charge on any atom is -0.444 e. The van der Waals surface area contributed by atoms with Gasteiger partial charge in [0.15, 0.2) is 0 Å². The molecule has 1 aromatic rings. The molecule has 1 N–H and O–H groups in total. The number of piperidine rings is 1. The smallest absolute Gasteiger partial charge is 0.410 e. The van der Waals surface area contributed by atoms with Gasteiger partial charge in [-0.05, 0) is 64.5 Å². The first-order chi connectivity index (χ1) is 12.6. The van der Waals surface area contributed by atoms with E-state index in [4.69, 9.17) is 4.74 Å². The van der Waals surface area contributed by atoms with Crippen LogP contribution in [0.15, 0.2) is 24.3 Å². The van der Waals surface area contributed by atoms with E-state index in [1.165, 1.54) is 6.07 Å². The molecular weight excluding hydrogens is 347 g/mol. The summed E-state index contributed by atoms with van der Waals surface area (Å²) in [5.41, 5.74) is 0.110. The Hall–Kier alpha value is -2.11. The van der Waals surface area contributed by atoms with Gasteiger partial charge in [-0.15, -0.1) is 0 Å². The quantitative estimate of drug-likeness (QED) is 0.845. The number of carbonyl (C=O) groups is 2. The summed E-state index contributed by atoms with van der Waals surface area (Å²) in [4.78, 5) is 26.1. The second-order valence-corrected chi connectivity index (χ2v) is 8.38. The standard InChI is InChI=1S/C21H31FN2O3/c1-15(13-17-7-5-6-8-18(17)22)23-19(25)14-16-9-11-24(12-10-16)20(26)27-21(2,3)4/h5-8,15-16H,9-14H2,1-4H3,(H,23,25). The fourth-order valence-electron chi connectivity index (χ4n) is 3.29. The zero-order valence-electron chi connectivity index (χ0n) is 16.8. The largest absolute Gasteiger partial charge is 0.444 e. The number of carbonyl (C=O) groups excluding carboxylic acids is 2. The maximum absolute atomic E-state index is 13.7. The van der Waals surface area contributed by atoms with Crippen LogP contribution in [0.1, 0.15) is 52.5 Å². The van der Waals surface area contributed by atoms with Crippen molar-refractivity contribution in [3.63, 3.8) is 0 Å². The summed E-state index contributed by atoms with van der Waals surface area (Å²) in [6.07, 6.45) is 2.19. The molecule has 2 rings (SSSR count). The van der Waals surface area contributed by atoms with Crippen LogP contribution in [0, 0.1) is 11.7 Å². The molecule has 0 aromatic heterocycles. The van der Waals surface area contributed by atoms with Crippen molar-refractivity contribution in [2.75, 3.05) is 13.1 Å². The van der Waals surface area contributed by atoms with E-state index in [0.29, 0.717) is 31.5 Å². The van der Waals surface area contributed by atoms with Crippen LogP contribution in [0.4, 0.5) is 9.18 Å². The molecule has 1 unspecified atom stereocenters. The van der Waals surface area contributed by atoms with E-state index in [0.717, 1.165) is 12.8 Å². The van der Waals surface area contributed by atoms with E-state index in [-0.39, 0.29) is 29.8 Å². The Bertz CT molecular complexity index is 649. The van der Waals surface area contributed by atoms with Crippen molar-refractivity contribution in [2.45, 2.75) is 65.0 Å². The second kappa shape index (κ2) is 9.20. The number of rotatable bonds is 5. The average molecular weight is 378 g/mol.